The first-order valence-electron chi connectivity index (χ1n) is 23.0. The Bertz CT molecular complexity index is 2880. The molecule has 3 fully saturated rings. The van der Waals surface area contributed by atoms with Gasteiger partial charge in [-0.3, -0.25) is 0 Å². The Kier molecular flexibility index (Phi) is 14.1. The van der Waals surface area contributed by atoms with Crippen LogP contribution < -0.4 is 0 Å². The van der Waals surface area contributed by atoms with Crippen molar-refractivity contribution < 1.29 is 20.1 Å². The van der Waals surface area contributed by atoms with Gasteiger partial charge in [0.15, 0.2) is 0 Å². The number of thiophene rings is 3. The van der Waals surface area contributed by atoms with Crippen molar-refractivity contribution in [1.29, 1.82) is 0 Å². The van der Waals surface area contributed by atoms with E-state index in [-0.39, 0.29) is 20.1 Å². The van der Waals surface area contributed by atoms with Crippen LogP contribution in [0.5, 0.6) is 0 Å². The number of rotatable bonds is 5. The Labute approximate surface area is 408 Å². The van der Waals surface area contributed by atoms with Gasteiger partial charge in [0.25, 0.3) is 0 Å². The number of aromatic nitrogens is 1. The van der Waals surface area contributed by atoms with Gasteiger partial charge < -0.3 is 20.5 Å². The van der Waals surface area contributed by atoms with Crippen LogP contribution >= 0.6 is 34.0 Å². The first kappa shape index (κ1) is 44.4. The van der Waals surface area contributed by atoms with Crippen molar-refractivity contribution in [3.8, 4) is 5.69 Å². The molecule has 0 bridgehead atoms. The minimum absolute atomic E-state index is 0. The number of hydrogen-bond donors (Lipinski definition) is 0. The van der Waals surface area contributed by atoms with Crippen molar-refractivity contribution in [3.63, 3.8) is 0 Å². The molecule has 4 atom stereocenters. The molecule has 3 aliphatic heterocycles. The fourth-order valence-corrected chi connectivity index (χ4v) is 12.9. The summed E-state index contributed by atoms with van der Waals surface area (Å²) in [6.07, 6.45) is 9.86. The summed E-state index contributed by atoms with van der Waals surface area (Å²) in [5.41, 5.74) is 5.12. The van der Waals surface area contributed by atoms with E-state index in [9.17, 15) is 0 Å². The number of hydrogen-bond acceptors (Lipinski definition) is 3. The third-order valence-electron chi connectivity index (χ3n) is 13.0. The van der Waals surface area contributed by atoms with E-state index in [0.29, 0.717) is 24.0 Å². The van der Waals surface area contributed by atoms with Crippen molar-refractivity contribution >= 4 is 86.1 Å². The quantitative estimate of drug-likeness (QED) is 0.154. The molecule has 0 spiro atoms. The maximum atomic E-state index is 5.08. The van der Waals surface area contributed by atoms with E-state index >= 15 is 0 Å². The summed E-state index contributed by atoms with van der Waals surface area (Å²) in [7, 11) is 0. The predicted molar refractivity (Wildman–Crippen MR) is 275 cm³/mol. The molecule has 3 aliphatic rings. The Morgan fingerprint density at radius 2 is 0.862 bits per heavy atom. The summed E-state index contributed by atoms with van der Waals surface area (Å²) in [6, 6.07) is 63.8. The first-order chi connectivity index (χ1) is 31.7. The molecule has 331 valence electrons. The van der Waals surface area contributed by atoms with Gasteiger partial charge in [0.2, 0.25) is 0 Å². The molecule has 6 aromatic carbocycles. The fourth-order valence-electron chi connectivity index (χ4n) is 9.64. The Morgan fingerprint density at radius 3 is 1.28 bits per heavy atom. The molecule has 0 saturated carbocycles. The van der Waals surface area contributed by atoms with Gasteiger partial charge in [0, 0.05) is 36.6 Å². The number of piperidine rings is 3. The van der Waals surface area contributed by atoms with Gasteiger partial charge in [-0.2, -0.15) is 52.6 Å². The molecule has 3 saturated heterocycles. The molecular weight excluding hydrogens is 1030 g/mol. The molecule has 10 aromatic rings. The van der Waals surface area contributed by atoms with Crippen molar-refractivity contribution in [2.45, 2.75) is 75.4 Å². The molecular formula is C57H50IrN4S3-6. The maximum Gasteiger partial charge on any atom is 0.0541 e. The van der Waals surface area contributed by atoms with Gasteiger partial charge in [-0.1, -0.05) is 140 Å². The molecule has 4 unspecified atom stereocenters. The summed E-state index contributed by atoms with van der Waals surface area (Å²) in [5.74, 6) is 0.498. The minimum atomic E-state index is 0. The van der Waals surface area contributed by atoms with Crippen molar-refractivity contribution in [1.82, 2.24) is 4.57 Å². The second-order valence-electron chi connectivity index (χ2n) is 17.2. The zero-order chi connectivity index (χ0) is 42.7. The van der Waals surface area contributed by atoms with Gasteiger partial charge in [-0.05, 0) is 42.2 Å². The summed E-state index contributed by atoms with van der Waals surface area (Å²) in [4.78, 5) is 3.95. The van der Waals surface area contributed by atoms with E-state index in [0.717, 1.165) is 26.1 Å². The zero-order valence-electron chi connectivity index (χ0n) is 36.3. The zero-order valence-corrected chi connectivity index (χ0v) is 41.1. The van der Waals surface area contributed by atoms with Crippen LogP contribution in [0.2, 0.25) is 0 Å². The van der Waals surface area contributed by atoms with Gasteiger partial charge in [0.05, 0.1) is 11.0 Å². The van der Waals surface area contributed by atoms with Crippen LogP contribution in [0, 0.1) is 18.2 Å². The van der Waals surface area contributed by atoms with E-state index in [2.05, 4.69) is 179 Å². The van der Waals surface area contributed by atoms with Crippen LogP contribution in [0.15, 0.2) is 146 Å². The predicted octanol–water partition coefficient (Wildman–Crippen LogP) is 17.4. The molecule has 8 heteroatoms. The second kappa shape index (κ2) is 20.6. The molecule has 4 aromatic heterocycles. The summed E-state index contributed by atoms with van der Waals surface area (Å²) >= 11 is 5.56. The number of fused-ring (bicyclic) bond motifs is 6. The molecule has 0 N–H and O–H groups in total. The molecule has 4 nitrogen and oxygen atoms in total. The van der Waals surface area contributed by atoms with Gasteiger partial charge in [-0.25, -0.2) is 34.0 Å². The van der Waals surface area contributed by atoms with Gasteiger partial charge in [-0.15, -0.1) is 74.2 Å². The number of para-hydroxylation sites is 2. The van der Waals surface area contributed by atoms with Crippen LogP contribution in [0.4, 0.5) is 0 Å². The average molecular weight is 1080 g/mol. The SMILES string of the molecule is [Ir].[c-]1c(C2CCC(c3ccc(-n4c5ccccc5c5ccccc54)cc3)C[N-]2)sc2ccccc12.[c-]1c(C2CCCC[N-]2)sc2ccccc12.[c-]1c(C2CCCC[N-]2)sc2ccccc12. The molecule has 0 amide bonds. The molecule has 7 heterocycles. The van der Waals surface area contributed by atoms with Gasteiger partial charge in [0.1, 0.15) is 0 Å². The maximum absolute atomic E-state index is 5.08. The molecule has 13 rings (SSSR count). The Morgan fingerprint density at radius 1 is 0.431 bits per heavy atom. The topological polar surface area (TPSA) is 47.2 Å². The normalized spacial score (nSPS) is 19.9. The fraction of sp³-hybridized carbons (Fsp3) is 0.263. The van der Waals surface area contributed by atoms with Crippen molar-refractivity contribution in [3.05, 3.63) is 200 Å². The van der Waals surface area contributed by atoms with E-state index in [1.54, 1.807) is 0 Å². The first-order valence-corrected chi connectivity index (χ1v) is 25.5. The Hall–Kier alpha value is -4.47. The van der Waals surface area contributed by atoms with Crippen LogP contribution in [0.3, 0.4) is 0 Å². The molecule has 65 heavy (non-hydrogen) atoms. The Balaban J connectivity index is 0.000000133. The van der Waals surface area contributed by atoms with Crippen LogP contribution in [0.25, 0.3) is 73.7 Å². The van der Waals surface area contributed by atoms with Crippen molar-refractivity contribution in [2.24, 2.45) is 0 Å². The third-order valence-corrected chi connectivity index (χ3v) is 16.5. The molecule has 1 radical (unpaired) electrons. The monoisotopic (exact) mass is 1080 g/mol. The standard InChI is InChI=1S/C31H24N2S.2C13H13NS.Ir/c1-6-12-30-22(7-1)19-31(34-30)27-18-15-23(20-32-27)21-13-16-24(17-14-21)33-28-10-4-2-8-25(28)26-9-3-5-11-29(26)33;2*1-2-7-12-10(5-1)9-13(15-12)11-6-3-4-8-14-11;/h1-14,16-17,23,27H,15,18,20H2;2*1-2,5,7,11H,3-4,6,8H2;/q3*-2;. The minimum Gasteiger partial charge on any atom is -0.656 e. The summed E-state index contributed by atoms with van der Waals surface area (Å²) < 4.78 is 6.38. The van der Waals surface area contributed by atoms with E-state index in [1.165, 1.54) is 123 Å². The van der Waals surface area contributed by atoms with Gasteiger partial charge >= 0.3 is 0 Å². The third kappa shape index (κ3) is 9.70. The average Bonchev–Trinajstić information content (AvgIpc) is 4.18. The van der Waals surface area contributed by atoms with Crippen molar-refractivity contribution in [2.75, 3.05) is 19.6 Å². The second-order valence-corrected chi connectivity index (χ2v) is 20.5. The van der Waals surface area contributed by atoms with E-state index < -0.39 is 0 Å². The van der Waals surface area contributed by atoms with E-state index in [1.807, 2.05) is 34.0 Å². The number of benzene rings is 6. The van der Waals surface area contributed by atoms with Crippen LogP contribution in [-0.4, -0.2) is 24.2 Å². The number of nitrogens with zero attached hydrogens (tertiary/aromatic N) is 4. The summed E-state index contributed by atoms with van der Waals surface area (Å²) in [5, 5.41) is 20.8. The smallest absolute Gasteiger partial charge is 0.0541 e. The summed E-state index contributed by atoms with van der Waals surface area (Å²) in [6.45, 7) is 2.96. The van der Waals surface area contributed by atoms with Crippen LogP contribution in [-0.2, 0) is 20.1 Å². The van der Waals surface area contributed by atoms with E-state index in [4.69, 9.17) is 5.32 Å². The largest absolute Gasteiger partial charge is 0.656 e. The molecule has 0 aliphatic carbocycles. The van der Waals surface area contributed by atoms with Crippen LogP contribution in [0.1, 0.15) is 95.6 Å².